The zero-order valence-electron chi connectivity index (χ0n) is 10.8. The van der Waals surface area contributed by atoms with E-state index in [0.29, 0.717) is 5.54 Å². The lowest BCUT2D eigenvalue weighted by atomic mass is 9.87. The molecule has 2 atom stereocenters. The van der Waals surface area contributed by atoms with Gasteiger partial charge in [0, 0.05) is 11.6 Å². The van der Waals surface area contributed by atoms with Crippen molar-refractivity contribution in [1.82, 2.24) is 4.90 Å². The summed E-state index contributed by atoms with van der Waals surface area (Å²) in [5.41, 5.74) is 0.352. The van der Waals surface area contributed by atoms with Crippen molar-refractivity contribution in [1.29, 1.82) is 0 Å². The van der Waals surface area contributed by atoms with Crippen LogP contribution in [0, 0.1) is 11.8 Å². The largest absolute Gasteiger partial charge is 0.295 e. The summed E-state index contributed by atoms with van der Waals surface area (Å²) in [5, 5.41) is 0. The molecule has 14 heavy (non-hydrogen) atoms. The molecule has 84 valence electrons. The van der Waals surface area contributed by atoms with Crippen LogP contribution in [0.1, 0.15) is 54.4 Å². The Balaban J connectivity index is 2.69. The second-order valence-electron chi connectivity index (χ2n) is 6.18. The summed E-state index contributed by atoms with van der Waals surface area (Å²) in [6.07, 6.45) is 2.79. The van der Waals surface area contributed by atoms with Gasteiger partial charge in [0.25, 0.3) is 0 Å². The lowest BCUT2D eigenvalue weighted by Crippen LogP contribution is -2.47. The Morgan fingerprint density at radius 1 is 1.14 bits per heavy atom. The Hall–Kier alpha value is -0.0400. The monoisotopic (exact) mass is 197 g/mol. The topological polar surface area (TPSA) is 3.24 Å². The van der Waals surface area contributed by atoms with Crippen LogP contribution in [-0.4, -0.2) is 23.0 Å². The maximum Gasteiger partial charge on any atom is 0.0129 e. The summed E-state index contributed by atoms with van der Waals surface area (Å²) in [4.78, 5) is 2.71. The van der Waals surface area contributed by atoms with Gasteiger partial charge < -0.3 is 0 Å². The van der Waals surface area contributed by atoms with E-state index in [1.807, 2.05) is 0 Å². The fourth-order valence-electron chi connectivity index (χ4n) is 2.62. The highest BCUT2D eigenvalue weighted by Gasteiger charge is 2.36. The van der Waals surface area contributed by atoms with Crippen molar-refractivity contribution in [3.05, 3.63) is 0 Å². The molecule has 2 unspecified atom stereocenters. The second kappa shape index (κ2) is 4.22. The quantitative estimate of drug-likeness (QED) is 0.654. The van der Waals surface area contributed by atoms with E-state index in [9.17, 15) is 0 Å². The lowest BCUT2D eigenvalue weighted by molar-refractivity contribution is 0.0769. The van der Waals surface area contributed by atoms with Crippen molar-refractivity contribution in [2.24, 2.45) is 11.8 Å². The molecule has 1 nitrogen and oxygen atoms in total. The third kappa shape index (κ3) is 2.50. The van der Waals surface area contributed by atoms with Gasteiger partial charge in [-0.25, -0.2) is 0 Å². The van der Waals surface area contributed by atoms with E-state index in [4.69, 9.17) is 0 Å². The van der Waals surface area contributed by atoms with Gasteiger partial charge in [-0.3, -0.25) is 4.90 Å². The first kappa shape index (κ1) is 12.0. The summed E-state index contributed by atoms with van der Waals surface area (Å²) < 4.78 is 0. The molecule has 1 saturated heterocycles. The number of hydrogen-bond acceptors (Lipinski definition) is 1. The normalized spacial score (nSPS) is 27.2. The molecule has 0 aliphatic carbocycles. The zero-order chi connectivity index (χ0) is 10.9. The van der Waals surface area contributed by atoms with Crippen LogP contribution in [-0.2, 0) is 0 Å². The molecule has 0 radical (unpaired) electrons. The van der Waals surface area contributed by atoms with Crippen LogP contribution < -0.4 is 0 Å². The van der Waals surface area contributed by atoms with Gasteiger partial charge in [0.15, 0.2) is 0 Å². The standard InChI is InChI=1S/C13H27N/c1-10(2)11(3)12-8-7-9-14(12)13(4,5)6/h10-12H,7-9H2,1-6H3. The summed E-state index contributed by atoms with van der Waals surface area (Å²) in [6.45, 7) is 15.5. The molecule has 1 heteroatoms. The molecule has 0 N–H and O–H groups in total. The summed E-state index contributed by atoms with van der Waals surface area (Å²) in [5.74, 6) is 1.64. The molecule has 0 aromatic heterocycles. The minimum atomic E-state index is 0.352. The minimum Gasteiger partial charge on any atom is -0.295 e. The molecule has 0 amide bonds. The molecule has 1 aliphatic heterocycles. The first-order valence-corrected chi connectivity index (χ1v) is 6.10. The maximum atomic E-state index is 2.71. The molecule has 0 aromatic rings. The summed E-state index contributed by atoms with van der Waals surface area (Å²) >= 11 is 0. The van der Waals surface area contributed by atoms with Crippen LogP contribution in [0.25, 0.3) is 0 Å². The molecular weight excluding hydrogens is 170 g/mol. The Kier molecular flexibility index (Phi) is 3.63. The van der Waals surface area contributed by atoms with Crippen molar-refractivity contribution < 1.29 is 0 Å². The van der Waals surface area contributed by atoms with Crippen LogP contribution in [0.15, 0.2) is 0 Å². The van der Waals surface area contributed by atoms with Crippen LogP contribution in [0.5, 0.6) is 0 Å². The highest BCUT2D eigenvalue weighted by Crippen LogP contribution is 2.33. The van der Waals surface area contributed by atoms with E-state index in [1.165, 1.54) is 19.4 Å². The third-order valence-corrected chi connectivity index (χ3v) is 3.82. The molecular formula is C13H27N. The van der Waals surface area contributed by atoms with Crippen LogP contribution in [0.2, 0.25) is 0 Å². The van der Waals surface area contributed by atoms with Gasteiger partial charge in [-0.05, 0) is 52.0 Å². The average molecular weight is 197 g/mol. The first-order chi connectivity index (χ1) is 6.34. The third-order valence-electron chi connectivity index (χ3n) is 3.82. The van der Waals surface area contributed by atoms with Gasteiger partial charge in [0.1, 0.15) is 0 Å². The predicted molar refractivity (Wildman–Crippen MR) is 63.5 cm³/mol. The molecule has 0 saturated carbocycles. The fourth-order valence-corrected chi connectivity index (χ4v) is 2.62. The Labute approximate surface area is 89.9 Å². The van der Waals surface area contributed by atoms with E-state index < -0.39 is 0 Å². The van der Waals surface area contributed by atoms with E-state index in [0.717, 1.165) is 17.9 Å². The first-order valence-electron chi connectivity index (χ1n) is 6.10. The van der Waals surface area contributed by atoms with Crippen molar-refractivity contribution in [2.45, 2.75) is 66.0 Å². The highest BCUT2D eigenvalue weighted by molar-refractivity contribution is 4.91. The number of nitrogens with zero attached hydrogens (tertiary/aromatic N) is 1. The Morgan fingerprint density at radius 3 is 2.14 bits per heavy atom. The van der Waals surface area contributed by atoms with Gasteiger partial charge in [0.05, 0.1) is 0 Å². The number of rotatable bonds is 2. The van der Waals surface area contributed by atoms with Crippen molar-refractivity contribution in [3.8, 4) is 0 Å². The molecule has 0 spiro atoms. The maximum absolute atomic E-state index is 2.71. The average Bonchev–Trinajstić information content (AvgIpc) is 2.48. The van der Waals surface area contributed by atoms with Gasteiger partial charge in [-0.15, -0.1) is 0 Å². The van der Waals surface area contributed by atoms with Crippen molar-refractivity contribution in [3.63, 3.8) is 0 Å². The number of hydrogen-bond donors (Lipinski definition) is 0. The second-order valence-corrected chi connectivity index (χ2v) is 6.18. The van der Waals surface area contributed by atoms with E-state index in [2.05, 4.69) is 46.4 Å². The van der Waals surface area contributed by atoms with Gasteiger partial charge in [-0.2, -0.15) is 0 Å². The van der Waals surface area contributed by atoms with Gasteiger partial charge >= 0.3 is 0 Å². The van der Waals surface area contributed by atoms with Gasteiger partial charge in [0.2, 0.25) is 0 Å². The van der Waals surface area contributed by atoms with E-state index in [1.54, 1.807) is 0 Å². The van der Waals surface area contributed by atoms with E-state index >= 15 is 0 Å². The van der Waals surface area contributed by atoms with Crippen molar-refractivity contribution in [2.75, 3.05) is 6.54 Å². The number of likely N-dealkylation sites (tertiary alicyclic amines) is 1. The Bertz CT molecular complexity index is 178. The van der Waals surface area contributed by atoms with Crippen LogP contribution in [0.3, 0.4) is 0 Å². The predicted octanol–water partition coefficient (Wildman–Crippen LogP) is 3.54. The zero-order valence-corrected chi connectivity index (χ0v) is 10.8. The molecule has 1 heterocycles. The minimum absolute atomic E-state index is 0.352. The van der Waals surface area contributed by atoms with Crippen molar-refractivity contribution >= 4 is 0 Å². The summed E-state index contributed by atoms with van der Waals surface area (Å²) in [6, 6.07) is 0.815. The van der Waals surface area contributed by atoms with E-state index in [-0.39, 0.29) is 0 Å². The fraction of sp³-hybridized carbons (Fsp3) is 1.00. The van der Waals surface area contributed by atoms with Gasteiger partial charge in [-0.1, -0.05) is 20.8 Å². The molecule has 0 aromatic carbocycles. The smallest absolute Gasteiger partial charge is 0.0129 e. The molecule has 0 bridgehead atoms. The summed E-state index contributed by atoms with van der Waals surface area (Å²) in [7, 11) is 0. The molecule has 1 rings (SSSR count). The SMILES string of the molecule is CC(C)C(C)C1CCCN1C(C)(C)C. The molecule has 1 aliphatic rings. The molecule has 1 fully saturated rings. The van der Waals surface area contributed by atoms with Crippen LogP contribution in [0.4, 0.5) is 0 Å². The Morgan fingerprint density at radius 2 is 1.71 bits per heavy atom. The highest BCUT2D eigenvalue weighted by atomic mass is 15.2. The lowest BCUT2D eigenvalue weighted by Gasteiger charge is -2.40. The van der Waals surface area contributed by atoms with Crippen LogP contribution >= 0.6 is 0 Å².